The number of carbonyl (C=O) groups excluding carboxylic acids is 4. The summed E-state index contributed by atoms with van der Waals surface area (Å²) in [7, 11) is 6.64. The van der Waals surface area contributed by atoms with Crippen LogP contribution in [-0.4, -0.2) is 147 Å². The van der Waals surface area contributed by atoms with Crippen LogP contribution in [0.3, 0.4) is 0 Å². The summed E-state index contributed by atoms with van der Waals surface area (Å²) in [5.74, 6) is -9.93. The quantitative estimate of drug-likeness (QED) is 0.0950. The highest BCUT2D eigenvalue weighted by Crippen LogP contribution is 2.53. The average molecular weight is 743 g/mol. The van der Waals surface area contributed by atoms with E-state index in [0.717, 1.165) is 0 Å². The lowest BCUT2D eigenvalue weighted by molar-refractivity contribution is -0.277. The fraction of sp³-hybridized carbons (Fsp3) is 0.556. The predicted molar refractivity (Wildman–Crippen MR) is 185 cm³/mol. The Morgan fingerprint density at radius 2 is 1.70 bits per heavy atom. The van der Waals surface area contributed by atoms with Crippen molar-refractivity contribution in [2.45, 2.75) is 67.8 Å². The number of phenols is 1. The van der Waals surface area contributed by atoms with E-state index in [1.807, 2.05) is 0 Å². The lowest BCUT2D eigenvalue weighted by atomic mass is 9.52. The largest absolute Gasteiger partial charge is 0.505 e. The Kier molecular flexibility index (Phi) is 10.3. The number of hydrogen-bond acceptors (Lipinski definition) is 16. The summed E-state index contributed by atoms with van der Waals surface area (Å²) in [5, 5.41) is 78.2. The third-order valence-corrected chi connectivity index (χ3v) is 11.3. The van der Waals surface area contributed by atoms with Crippen LogP contribution in [0.1, 0.15) is 27.9 Å². The molecular formula is C36H46N4O13. The molecule has 1 saturated heterocycles. The van der Waals surface area contributed by atoms with Gasteiger partial charge in [0.05, 0.1) is 29.9 Å². The highest BCUT2D eigenvalue weighted by Gasteiger charge is 2.69. The van der Waals surface area contributed by atoms with Crippen molar-refractivity contribution in [3.05, 3.63) is 47.0 Å². The normalized spacial score (nSPS) is 35.3. The second-order valence-electron chi connectivity index (χ2n) is 14.8. The van der Waals surface area contributed by atoms with Gasteiger partial charge in [0.25, 0.3) is 0 Å². The van der Waals surface area contributed by atoms with Crippen molar-refractivity contribution in [1.29, 1.82) is 0 Å². The van der Waals surface area contributed by atoms with Crippen LogP contribution >= 0.6 is 0 Å². The van der Waals surface area contributed by atoms with E-state index in [0.29, 0.717) is 16.8 Å². The SMILES string of the molecule is CN(C)c1cc(NCc2ccccc2O[C@@H]2OC(CO)[C@H](O)[C@H](O)[C@@H]2O)c(O)c2c1C[C@@H]1C[C@@H]3[C@@H](N(C)C)C(O)C(C(N)=O)C(=O)[C@]3(O)C(=O)C1C2=O. The number of nitrogens with two attached hydrogens (primary N) is 1. The van der Waals surface area contributed by atoms with E-state index in [9.17, 15) is 54.9 Å². The first-order valence-corrected chi connectivity index (χ1v) is 17.3. The van der Waals surface area contributed by atoms with E-state index in [2.05, 4.69) is 5.32 Å². The number of likely N-dealkylation sites (N-methyl/N-ethyl adjacent to an activating group) is 1. The Hall–Kier alpha value is -4.20. The smallest absolute Gasteiger partial charge is 0.230 e. The second kappa shape index (κ2) is 14.2. The number of hydrogen-bond donors (Lipinski definition) is 9. The maximum Gasteiger partial charge on any atom is 0.230 e. The molecule has 53 heavy (non-hydrogen) atoms. The summed E-state index contributed by atoms with van der Waals surface area (Å²) in [5.41, 5.74) is 4.09. The standard InChI is InChI=1S/C36H46N4O13/c1-39(2)19-11-18(38-12-14-7-5-6-8-20(14)52-35-31(47)30(46)27(43)21(13-41)53-35)26(42)23-16(19)9-15-10-17-25(40(3)4)29(45)24(34(37)50)33(49)36(17,51)32(48)22(15)28(23)44/h5-8,11,15,17,21-22,24-25,27,29-31,35,38,41-43,45-47,51H,9-10,12-13H2,1-4H3,(H2,37,50)/t15-,17-,21?,22?,24?,25-,27+,29?,30+,31+,35-,36-/m1/s1. The number of aliphatic hydroxyl groups is 6. The molecule has 17 heteroatoms. The minimum Gasteiger partial charge on any atom is -0.505 e. The van der Waals surface area contributed by atoms with Crippen molar-refractivity contribution in [3.8, 4) is 11.5 Å². The zero-order chi connectivity index (χ0) is 38.8. The Balaban J connectivity index is 1.33. The Morgan fingerprint density at radius 3 is 2.32 bits per heavy atom. The van der Waals surface area contributed by atoms with Gasteiger partial charge in [-0.15, -0.1) is 0 Å². The van der Waals surface area contributed by atoms with Gasteiger partial charge in [-0.3, -0.25) is 19.2 Å². The average Bonchev–Trinajstić information content (AvgIpc) is 3.09. The molecule has 1 heterocycles. The van der Waals surface area contributed by atoms with Gasteiger partial charge in [0, 0.05) is 43.9 Å². The molecule has 1 amide bonds. The fourth-order valence-corrected chi connectivity index (χ4v) is 8.65. The van der Waals surface area contributed by atoms with E-state index < -0.39 is 108 Å². The van der Waals surface area contributed by atoms with Crippen LogP contribution in [0.4, 0.5) is 11.4 Å². The molecule has 0 radical (unpaired) electrons. The van der Waals surface area contributed by atoms with Crippen molar-refractivity contribution in [2.75, 3.05) is 45.0 Å². The third kappa shape index (κ3) is 6.14. The predicted octanol–water partition coefficient (Wildman–Crippen LogP) is -2.48. The van der Waals surface area contributed by atoms with Gasteiger partial charge in [0.2, 0.25) is 12.2 Å². The zero-order valence-electron chi connectivity index (χ0n) is 29.6. The summed E-state index contributed by atoms with van der Waals surface area (Å²) in [6.45, 7) is -0.666. The van der Waals surface area contributed by atoms with Gasteiger partial charge in [-0.1, -0.05) is 18.2 Å². The monoisotopic (exact) mass is 742 g/mol. The highest BCUT2D eigenvalue weighted by molar-refractivity contribution is 6.26. The Bertz CT molecular complexity index is 1800. The summed E-state index contributed by atoms with van der Waals surface area (Å²) >= 11 is 0. The number of amides is 1. The Morgan fingerprint density at radius 1 is 1.02 bits per heavy atom. The third-order valence-electron chi connectivity index (χ3n) is 11.3. The summed E-state index contributed by atoms with van der Waals surface area (Å²) in [6, 6.07) is 7.18. The van der Waals surface area contributed by atoms with Crippen LogP contribution in [0.15, 0.2) is 30.3 Å². The van der Waals surface area contributed by atoms with Gasteiger partial charge in [-0.25, -0.2) is 0 Å². The van der Waals surface area contributed by atoms with Crippen LogP contribution in [-0.2, 0) is 32.1 Å². The van der Waals surface area contributed by atoms with Gasteiger partial charge in [0.1, 0.15) is 41.8 Å². The summed E-state index contributed by atoms with van der Waals surface area (Å²) < 4.78 is 11.4. The molecule has 12 atom stereocenters. The Labute approximate surface area is 304 Å². The van der Waals surface area contributed by atoms with Gasteiger partial charge in [0.15, 0.2) is 23.0 Å². The van der Waals surface area contributed by atoms with Crippen molar-refractivity contribution in [1.82, 2.24) is 4.90 Å². The number of para-hydroxylation sites is 1. The van der Waals surface area contributed by atoms with E-state index in [1.165, 1.54) is 4.90 Å². The highest BCUT2D eigenvalue weighted by atomic mass is 16.7. The van der Waals surface area contributed by atoms with Crippen molar-refractivity contribution in [2.24, 2.45) is 29.4 Å². The van der Waals surface area contributed by atoms with Crippen LogP contribution < -0.4 is 20.7 Å². The van der Waals surface area contributed by atoms with E-state index in [4.69, 9.17) is 15.2 Å². The molecular weight excluding hydrogens is 696 g/mol. The van der Waals surface area contributed by atoms with E-state index in [1.54, 1.807) is 63.4 Å². The zero-order valence-corrected chi connectivity index (χ0v) is 29.6. The number of ether oxygens (including phenoxy) is 2. The summed E-state index contributed by atoms with van der Waals surface area (Å²) in [6.07, 6.45) is -9.04. The number of aliphatic hydroxyl groups excluding tert-OH is 5. The van der Waals surface area contributed by atoms with E-state index >= 15 is 0 Å². The van der Waals surface area contributed by atoms with Gasteiger partial charge < -0.3 is 66.1 Å². The van der Waals surface area contributed by atoms with Crippen LogP contribution in [0.2, 0.25) is 0 Å². The molecule has 3 aliphatic carbocycles. The number of nitrogens with zero attached hydrogens (tertiary/aromatic N) is 2. The number of carbonyl (C=O) groups is 4. The maximum absolute atomic E-state index is 14.4. The minimum absolute atomic E-state index is 0.0198. The van der Waals surface area contributed by atoms with Crippen LogP contribution in [0.25, 0.3) is 0 Å². The molecule has 0 spiro atoms. The maximum atomic E-state index is 14.4. The first-order chi connectivity index (χ1) is 24.9. The topological polar surface area (TPSA) is 273 Å². The molecule has 1 aliphatic heterocycles. The molecule has 2 aromatic carbocycles. The fourth-order valence-electron chi connectivity index (χ4n) is 8.65. The summed E-state index contributed by atoms with van der Waals surface area (Å²) in [4.78, 5) is 57.9. The molecule has 4 aliphatic rings. The van der Waals surface area contributed by atoms with Gasteiger partial charge in [-0.2, -0.15) is 0 Å². The molecule has 2 saturated carbocycles. The number of fused-ring (bicyclic) bond motifs is 3. The molecule has 6 rings (SSSR count). The number of aromatic hydroxyl groups is 1. The van der Waals surface area contributed by atoms with Crippen molar-refractivity contribution >= 4 is 34.6 Å². The van der Waals surface area contributed by atoms with Crippen molar-refractivity contribution < 1.29 is 64.4 Å². The van der Waals surface area contributed by atoms with Crippen molar-refractivity contribution in [3.63, 3.8) is 0 Å². The number of phenolic OH excluding ortho intramolecular Hbond substituents is 1. The van der Waals surface area contributed by atoms with Crippen LogP contribution in [0, 0.1) is 23.7 Å². The lowest BCUT2D eigenvalue weighted by Crippen LogP contribution is -2.75. The number of rotatable bonds is 9. The van der Waals surface area contributed by atoms with Crippen LogP contribution in [0.5, 0.6) is 11.5 Å². The molecule has 10 N–H and O–H groups in total. The minimum atomic E-state index is -2.79. The molecule has 288 valence electrons. The number of nitrogens with one attached hydrogen (secondary N) is 1. The first kappa shape index (κ1) is 38.5. The number of anilines is 2. The second-order valence-corrected chi connectivity index (χ2v) is 14.8. The van der Waals surface area contributed by atoms with Gasteiger partial charge >= 0.3 is 0 Å². The van der Waals surface area contributed by atoms with E-state index in [-0.39, 0.29) is 36.4 Å². The molecule has 4 unspecified atom stereocenters. The molecule has 0 aromatic heterocycles. The first-order valence-electron chi connectivity index (χ1n) is 17.3. The molecule has 17 nitrogen and oxygen atoms in total. The molecule has 2 aromatic rings. The molecule has 3 fully saturated rings. The number of ketones is 3. The van der Waals surface area contributed by atoms with Gasteiger partial charge in [-0.05, 0) is 50.6 Å². The lowest BCUT2D eigenvalue weighted by Gasteiger charge is -2.55. The number of benzene rings is 2. The number of primary amides is 1. The molecule has 0 bridgehead atoms. The number of Topliss-reactive ketones (excluding diaryl/α,β-unsaturated/α-hetero) is 3.